The maximum absolute atomic E-state index is 12.3. The highest BCUT2D eigenvalue weighted by Crippen LogP contribution is 2.39. The van der Waals surface area contributed by atoms with Gasteiger partial charge in [-0.25, -0.2) is 0 Å². The number of nitrogens with zero attached hydrogens (tertiary/aromatic N) is 3. The van der Waals surface area contributed by atoms with E-state index in [2.05, 4.69) is 16.8 Å². The summed E-state index contributed by atoms with van der Waals surface area (Å²) in [6.45, 7) is 6.63. The Bertz CT molecular complexity index is 1220. The van der Waals surface area contributed by atoms with E-state index in [0.717, 1.165) is 16.5 Å². The Kier molecular flexibility index (Phi) is 8.80. The lowest BCUT2D eigenvalue weighted by Gasteiger charge is -2.09. The van der Waals surface area contributed by atoms with Crippen LogP contribution in [0, 0.1) is 0 Å². The van der Waals surface area contributed by atoms with Crippen LogP contribution in [0.2, 0.25) is 0 Å². The van der Waals surface area contributed by atoms with Crippen LogP contribution in [-0.4, -0.2) is 29.3 Å². The molecule has 176 valence electrons. The number of hydrogen-bond donors (Lipinski definition) is 1. The number of aromatic hydroxyl groups is 1. The second-order valence-corrected chi connectivity index (χ2v) is 7.36. The molecule has 1 N–H and O–H groups in total. The Labute approximate surface area is 199 Å². The zero-order valence-corrected chi connectivity index (χ0v) is 19.5. The fraction of sp³-hybridized carbons (Fsp3) is 0.222. The zero-order valence-electron chi connectivity index (χ0n) is 19.5. The van der Waals surface area contributed by atoms with Crippen molar-refractivity contribution >= 4 is 22.5 Å². The molecule has 34 heavy (non-hydrogen) atoms. The number of benzene rings is 2. The number of rotatable bonds is 11. The van der Waals surface area contributed by atoms with Crippen molar-refractivity contribution in [2.75, 3.05) is 13.7 Å². The minimum atomic E-state index is -0.378. The smallest absolute Gasteiger partial charge is 0.269 e. The Morgan fingerprint density at radius 3 is 2.56 bits per heavy atom. The first-order chi connectivity index (χ1) is 16.6. The number of methoxy groups -OCH3 is 1. The minimum absolute atomic E-state index is 0.0323. The molecule has 3 aromatic rings. The summed E-state index contributed by atoms with van der Waals surface area (Å²) in [7, 11) is 1.56. The number of carbonyl (C=O) groups excluding carboxylic acids is 1. The van der Waals surface area contributed by atoms with Crippen LogP contribution in [0.1, 0.15) is 18.9 Å². The van der Waals surface area contributed by atoms with Gasteiger partial charge >= 0.3 is 0 Å². The molecule has 1 heterocycles. The van der Waals surface area contributed by atoms with Crippen molar-refractivity contribution in [2.24, 2.45) is 10.2 Å². The van der Waals surface area contributed by atoms with Gasteiger partial charge in [-0.15, -0.1) is 10.2 Å². The number of carbonyl (C=O) groups is 1. The van der Waals surface area contributed by atoms with E-state index < -0.39 is 0 Å². The molecule has 0 atom stereocenters. The molecule has 3 rings (SSSR count). The highest BCUT2D eigenvalue weighted by molar-refractivity contribution is 5.95. The van der Waals surface area contributed by atoms with Crippen molar-refractivity contribution in [1.82, 2.24) is 4.57 Å². The first-order valence-electron chi connectivity index (χ1n) is 11.1. The summed E-state index contributed by atoms with van der Waals surface area (Å²) in [5.41, 5.74) is 1.95. The van der Waals surface area contributed by atoms with Crippen LogP contribution in [0.4, 0.5) is 5.69 Å². The average molecular weight is 460 g/mol. The van der Waals surface area contributed by atoms with Gasteiger partial charge in [0, 0.05) is 11.9 Å². The molecule has 0 saturated carbocycles. The first kappa shape index (κ1) is 24.5. The molecule has 7 heteroatoms. The third-order valence-electron chi connectivity index (χ3n) is 5.11. The third-order valence-corrected chi connectivity index (χ3v) is 5.11. The van der Waals surface area contributed by atoms with E-state index in [0.29, 0.717) is 31.1 Å². The van der Waals surface area contributed by atoms with E-state index in [-0.39, 0.29) is 23.9 Å². The standard InChI is InChI=1S/C27H29N3O4/c1-4-23(33-3)24(34-5-2)17-11-12-18-30-22-16-10-9-15-21(22)26(27(30)32)29-28-25(31)19-20-13-7-6-8-14-20/h4,6-11,13-17,32H,1,5,12,18-19H2,2-3H3/b17-11-,24-23-,29-28?. The van der Waals surface area contributed by atoms with Crippen molar-refractivity contribution in [3.63, 3.8) is 0 Å². The summed E-state index contributed by atoms with van der Waals surface area (Å²) in [6, 6.07) is 16.8. The lowest BCUT2D eigenvalue weighted by atomic mass is 10.1. The number of azo groups is 1. The van der Waals surface area contributed by atoms with Gasteiger partial charge in [-0.3, -0.25) is 4.79 Å². The number of aromatic nitrogens is 1. The number of aryl methyl sites for hydroxylation is 1. The number of para-hydroxylation sites is 1. The van der Waals surface area contributed by atoms with Crippen LogP contribution >= 0.6 is 0 Å². The predicted molar refractivity (Wildman–Crippen MR) is 133 cm³/mol. The molecule has 0 unspecified atom stereocenters. The SMILES string of the molecule is C=C/C(OC)=C(\C=C/CCn1c(O)c(N=NC(=O)Cc2ccccc2)c2ccccc21)OCC. The number of amides is 1. The van der Waals surface area contributed by atoms with Crippen LogP contribution < -0.4 is 0 Å². The lowest BCUT2D eigenvalue weighted by Crippen LogP contribution is -1.98. The molecule has 1 amide bonds. The van der Waals surface area contributed by atoms with Gasteiger partial charge in [0.15, 0.2) is 17.2 Å². The topological polar surface area (TPSA) is 85.4 Å². The van der Waals surface area contributed by atoms with Crippen LogP contribution in [0.3, 0.4) is 0 Å². The fourth-order valence-corrected chi connectivity index (χ4v) is 3.54. The van der Waals surface area contributed by atoms with Crippen LogP contribution in [0.5, 0.6) is 5.88 Å². The quantitative estimate of drug-likeness (QED) is 0.209. The monoisotopic (exact) mass is 459 g/mol. The Morgan fingerprint density at radius 1 is 1.12 bits per heavy atom. The van der Waals surface area contributed by atoms with Crippen molar-refractivity contribution in [2.45, 2.75) is 26.3 Å². The van der Waals surface area contributed by atoms with Gasteiger partial charge in [-0.1, -0.05) is 61.2 Å². The molecule has 0 aliphatic carbocycles. The maximum atomic E-state index is 12.3. The molecule has 0 bridgehead atoms. The second-order valence-electron chi connectivity index (χ2n) is 7.36. The van der Waals surface area contributed by atoms with E-state index in [1.807, 2.05) is 73.7 Å². The second kappa shape index (κ2) is 12.2. The molecule has 0 fully saturated rings. The first-order valence-corrected chi connectivity index (χ1v) is 11.1. The van der Waals surface area contributed by atoms with Gasteiger partial charge in [0.1, 0.15) is 0 Å². The van der Waals surface area contributed by atoms with E-state index in [1.54, 1.807) is 17.8 Å². The summed E-state index contributed by atoms with van der Waals surface area (Å²) in [6.07, 6.45) is 6.12. The summed E-state index contributed by atoms with van der Waals surface area (Å²) in [4.78, 5) is 12.3. The van der Waals surface area contributed by atoms with E-state index >= 15 is 0 Å². The third kappa shape index (κ3) is 6.01. The highest BCUT2D eigenvalue weighted by atomic mass is 16.5. The Balaban J connectivity index is 1.79. The molecule has 0 radical (unpaired) electrons. The van der Waals surface area contributed by atoms with Gasteiger partial charge in [0.25, 0.3) is 5.91 Å². The number of allylic oxidation sites excluding steroid dienone is 3. The normalized spacial score (nSPS) is 12.3. The van der Waals surface area contributed by atoms with Crippen molar-refractivity contribution in [3.8, 4) is 5.88 Å². The molecule has 1 aromatic heterocycles. The van der Waals surface area contributed by atoms with Crippen LogP contribution in [0.25, 0.3) is 10.9 Å². The maximum Gasteiger partial charge on any atom is 0.269 e. The Hall–Kier alpha value is -4.13. The molecule has 0 aliphatic rings. The van der Waals surface area contributed by atoms with E-state index in [4.69, 9.17) is 9.47 Å². The molecular formula is C27H29N3O4. The van der Waals surface area contributed by atoms with Gasteiger partial charge < -0.3 is 19.1 Å². The summed E-state index contributed by atoms with van der Waals surface area (Å²) >= 11 is 0. The van der Waals surface area contributed by atoms with Crippen molar-refractivity contribution < 1.29 is 19.4 Å². The number of fused-ring (bicyclic) bond motifs is 1. The largest absolute Gasteiger partial charge is 0.493 e. The van der Waals surface area contributed by atoms with E-state index in [9.17, 15) is 9.90 Å². The predicted octanol–water partition coefficient (Wildman–Crippen LogP) is 6.23. The zero-order chi connectivity index (χ0) is 24.3. The summed E-state index contributed by atoms with van der Waals surface area (Å²) in [5, 5.41) is 19.6. The fourth-order valence-electron chi connectivity index (χ4n) is 3.54. The summed E-state index contributed by atoms with van der Waals surface area (Å²) in [5.74, 6) is 0.732. The molecule has 7 nitrogen and oxygen atoms in total. The lowest BCUT2D eigenvalue weighted by molar-refractivity contribution is -0.117. The van der Waals surface area contributed by atoms with Gasteiger partial charge in [-0.2, -0.15) is 0 Å². The Morgan fingerprint density at radius 2 is 1.85 bits per heavy atom. The van der Waals surface area contributed by atoms with Gasteiger partial charge in [0.05, 0.1) is 25.7 Å². The van der Waals surface area contributed by atoms with Crippen LogP contribution in [0.15, 0.2) is 101 Å². The molecular weight excluding hydrogens is 430 g/mol. The average Bonchev–Trinajstić information content (AvgIpc) is 3.12. The molecule has 2 aromatic carbocycles. The van der Waals surface area contributed by atoms with Crippen molar-refractivity contribution in [3.05, 3.63) is 96.5 Å². The van der Waals surface area contributed by atoms with Crippen LogP contribution in [-0.2, 0) is 27.2 Å². The molecule has 0 spiro atoms. The highest BCUT2D eigenvalue weighted by Gasteiger charge is 2.16. The van der Waals surface area contributed by atoms with Crippen molar-refractivity contribution in [1.29, 1.82) is 0 Å². The number of hydrogen-bond acceptors (Lipinski definition) is 5. The minimum Gasteiger partial charge on any atom is -0.493 e. The van der Waals surface area contributed by atoms with Gasteiger partial charge in [-0.05, 0) is 37.1 Å². The van der Waals surface area contributed by atoms with E-state index in [1.165, 1.54) is 0 Å². The van der Waals surface area contributed by atoms with Gasteiger partial charge in [0.2, 0.25) is 5.88 Å². The molecule has 0 aliphatic heterocycles. The number of ether oxygens (including phenoxy) is 2. The molecule has 0 saturated heterocycles. The summed E-state index contributed by atoms with van der Waals surface area (Å²) < 4.78 is 12.7.